The largest absolute Gasteiger partial charge is 0.481 e. The molecular formula is C108H204O20Si9. The fourth-order valence-electron chi connectivity index (χ4n) is 28.2. The third-order valence-corrected chi connectivity index (χ3v) is 82.6. The van der Waals surface area contributed by atoms with Crippen LogP contribution in [0.2, 0.25) is 163 Å². The first-order valence-corrected chi connectivity index (χ1v) is 79.4. The molecule has 0 bridgehead atoms. The first-order valence-electron chi connectivity index (χ1n) is 56.6. The van der Waals surface area contributed by atoms with Gasteiger partial charge in [-0.3, -0.25) is 4.79 Å². The van der Waals surface area contributed by atoms with Crippen molar-refractivity contribution in [2.24, 2.45) is 50.2 Å². The van der Waals surface area contributed by atoms with Crippen molar-refractivity contribution in [1.29, 1.82) is 0 Å². The topological polar surface area (TPSA) is 219 Å². The second-order valence-electron chi connectivity index (χ2n) is 45.6. The van der Waals surface area contributed by atoms with E-state index < -0.39 is 207 Å². The Morgan fingerprint density at radius 3 is 1.28 bits per heavy atom. The van der Waals surface area contributed by atoms with E-state index in [1.54, 1.807) is 0 Å². The van der Waals surface area contributed by atoms with Crippen molar-refractivity contribution in [1.82, 2.24) is 0 Å². The minimum atomic E-state index is -3.00. The van der Waals surface area contributed by atoms with Crippen LogP contribution >= 0.6 is 0 Å². The number of ether oxygens (including phenoxy) is 7. The molecule has 1 aromatic carbocycles. The van der Waals surface area contributed by atoms with Gasteiger partial charge < -0.3 is 82.9 Å². The van der Waals surface area contributed by atoms with Crippen molar-refractivity contribution in [3.8, 4) is 0 Å². The summed E-state index contributed by atoms with van der Waals surface area (Å²) in [6, 6.07) is 33.2. The number of carbonyl (C=O) groups is 3. The lowest BCUT2D eigenvalue weighted by Gasteiger charge is -2.72. The van der Waals surface area contributed by atoms with Gasteiger partial charge in [0.15, 0.2) is 99.8 Å². The third-order valence-electron chi connectivity index (χ3n) is 40.8. The summed E-state index contributed by atoms with van der Waals surface area (Å²) < 4.78 is 130. The minimum absolute atomic E-state index is 0.0557. The van der Waals surface area contributed by atoms with E-state index in [-0.39, 0.29) is 48.4 Å². The number of esters is 1. The number of hydrogen-bond acceptors (Lipinski definition) is 19. The quantitative estimate of drug-likeness (QED) is 0.0211. The standard InChI is InChI=1S/C108H204O20Si9/c1-34-129(35-2,36-3)115-78-83-89(123-132(43-10,44-11)45-12)92(125-134(49-16,50-17)51-18)97(128-137(58-25,59-26)60-27)101(116-83)120-95-91(118-99-96(127-136(55-22,56-23)57-24)90(124-133(46-13,47-14)48-15)84(77-114-99)121-130(37-4,38-5)39-6)93(126-135(52-19,53-20)54-21)94(98(110)113-76-80-64-62-61-63-65-80)119-100(95)117-87-69-70-104(30)85(105(87,31)79-109)68-71-106(32)86(104)67-66-81-82-74-103(28,29)72-73-108(82,102(111)112)88(75-107(81,106)33)122-131(40-7,41-8)42-9/h61-66,79,82-97,99-101H,34-60,67-78H2,1-33H3,(H,111,112)/t82?,83?,84-,85-,86?,87+,88+,89+,90+,91+,92+,93+,94?,95?,96?,97?,99+,100-,101+,104?,105-,106?,107-,108-/m1/s1. The van der Waals surface area contributed by atoms with Crippen LogP contribution in [-0.4, -0.2) is 210 Å². The second kappa shape index (κ2) is 50.0. The molecule has 3 aliphatic heterocycles. The Balaban J connectivity index is 1.39. The number of carbonyl (C=O) groups excluding carboxylic acids is 2. The highest BCUT2D eigenvalue weighted by molar-refractivity contribution is 6.77. The van der Waals surface area contributed by atoms with Crippen LogP contribution in [0.15, 0.2) is 42.0 Å². The number of carboxylic acid groups (broad SMARTS) is 1. The minimum Gasteiger partial charge on any atom is -0.481 e. The van der Waals surface area contributed by atoms with Crippen molar-refractivity contribution in [2.45, 2.75) is 554 Å². The highest BCUT2D eigenvalue weighted by atomic mass is 28.4. The monoisotopic (exact) mass is 2070 g/mol. The molecule has 8 aliphatic rings. The van der Waals surface area contributed by atoms with E-state index in [1.165, 1.54) is 11.9 Å². The molecule has 792 valence electrons. The van der Waals surface area contributed by atoms with Gasteiger partial charge in [-0.25, -0.2) is 4.79 Å². The Morgan fingerprint density at radius 2 is 0.825 bits per heavy atom. The third kappa shape index (κ3) is 23.9. The fraction of sp³-hybridized carbons (Fsp3) is 0.898. The lowest BCUT2D eigenvalue weighted by atomic mass is 9.33. The molecule has 5 aliphatic carbocycles. The fourth-order valence-corrected chi connectivity index (χ4v) is 53.6. The Bertz CT molecular complexity index is 3820. The highest BCUT2D eigenvalue weighted by Crippen LogP contribution is 2.77. The Kier molecular flexibility index (Phi) is 43.6. The van der Waals surface area contributed by atoms with Gasteiger partial charge in [0.25, 0.3) is 0 Å². The SMILES string of the molecule is CC[Si](CC)(CC)OCC1O[C@@H](OC2[C@H](O[C@H]3CCC4(C)C5CC=C6C7CC(C)(C)CC[C@]7(C(=O)O)[C@@H](O[Si](CC)(CC)CC)C[C@@]6(C)C5(C)CC[C@H]4[C@@]3(C)C=O)OC(C(=O)OCc3ccccc3)[C@@H](O[Si](CC)(CC)CC)[C@@H]2O[C@@H]2OC[C@@H](O[Si](CC)(CC)CC)[C@H](O[Si](CC)(CC)CC)C2O[Si](CC)(CC)CC)C(O[Si](CC)(CC)CC)[C@@H](O[Si](CC)(CC)CC)[C@H]1O[Si](CC)(CC)CC. The number of benzene rings is 1. The summed E-state index contributed by atoms with van der Waals surface area (Å²) in [5, 5.41) is 12.1. The molecule has 9 unspecified atom stereocenters. The lowest BCUT2D eigenvalue weighted by molar-refractivity contribution is -0.387. The Hall–Kier alpha value is -1.08. The van der Waals surface area contributed by atoms with E-state index in [9.17, 15) is 9.90 Å². The van der Waals surface area contributed by atoms with Crippen LogP contribution in [-0.2, 0) is 94.0 Å². The predicted octanol–water partition coefficient (Wildman–Crippen LogP) is 28.5. The molecule has 7 fully saturated rings. The van der Waals surface area contributed by atoms with Crippen molar-refractivity contribution < 1.29 is 92.5 Å². The molecule has 137 heavy (non-hydrogen) atoms. The summed E-state index contributed by atoms with van der Waals surface area (Å²) in [4.78, 5) is 47.6. The molecule has 29 heteroatoms. The van der Waals surface area contributed by atoms with E-state index in [0.717, 1.165) is 176 Å². The van der Waals surface area contributed by atoms with Crippen molar-refractivity contribution in [3.05, 3.63) is 47.5 Å². The zero-order valence-electron chi connectivity index (χ0n) is 93.3. The zero-order valence-corrected chi connectivity index (χ0v) is 102. The number of aldehydes is 1. The van der Waals surface area contributed by atoms with Crippen LogP contribution < -0.4 is 0 Å². The normalized spacial score (nSPS) is 33.7. The predicted molar refractivity (Wildman–Crippen MR) is 580 cm³/mol. The molecule has 3 saturated heterocycles. The first-order chi connectivity index (χ1) is 65.1. The maximum absolute atomic E-state index is 16.9. The van der Waals surface area contributed by atoms with Crippen molar-refractivity contribution in [3.63, 3.8) is 0 Å². The Labute approximate surface area is 845 Å². The van der Waals surface area contributed by atoms with Gasteiger partial charge in [0.1, 0.15) is 67.8 Å². The molecule has 0 radical (unpaired) electrons. The van der Waals surface area contributed by atoms with Crippen LogP contribution in [0.4, 0.5) is 0 Å². The average Bonchev–Trinajstić information content (AvgIpc) is 0.667. The molecular weight excluding hydrogens is 1870 g/mol. The van der Waals surface area contributed by atoms with Gasteiger partial charge in [-0.2, -0.15) is 0 Å². The molecule has 0 spiro atoms. The average molecular weight is 2080 g/mol. The summed E-state index contributed by atoms with van der Waals surface area (Å²) in [6.45, 7) is 76.6. The van der Waals surface area contributed by atoms with Crippen LogP contribution in [0.1, 0.15) is 292 Å². The van der Waals surface area contributed by atoms with E-state index >= 15 is 9.59 Å². The summed E-state index contributed by atoms with van der Waals surface area (Å²) in [6.07, 6.45) is -5.66. The molecule has 4 saturated carbocycles. The van der Waals surface area contributed by atoms with Crippen LogP contribution in [0.25, 0.3) is 0 Å². The number of allylic oxidation sites excluding steroid dienone is 2. The van der Waals surface area contributed by atoms with Gasteiger partial charge in [-0.1, -0.05) is 270 Å². The van der Waals surface area contributed by atoms with Crippen molar-refractivity contribution in [2.75, 3.05) is 13.2 Å². The number of fused-ring (bicyclic) bond motifs is 7. The summed E-state index contributed by atoms with van der Waals surface area (Å²) in [5.74, 6) is -1.66. The van der Waals surface area contributed by atoms with E-state index in [2.05, 4.69) is 235 Å². The highest BCUT2D eigenvalue weighted by Gasteiger charge is 2.74. The molecule has 3 heterocycles. The molecule has 0 aromatic heterocycles. The molecule has 1 aromatic rings. The number of aliphatic carboxylic acids is 1. The van der Waals surface area contributed by atoms with Gasteiger partial charge >= 0.3 is 11.9 Å². The second-order valence-corrected chi connectivity index (χ2v) is 88.2. The van der Waals surface area contributed by atoms with E-state index in [1.807, 2.05) is 30.3 Å². The van der Waals surface area contributed by atoms with Gasteiger partial charge in [0.05, 0.1) is 42.4 Å². The van der Waals surface area contributed by atoms with Gasteiger partial charge in [-0.15, -0.1) is 0 Å². The molecule has 9 rings (SSSR count). The zero-order chi connectivity index (χ0) is 102. The van der Waals surface area contributed by atoms with Gasteiger partial charge in [-0.05, 0) is 266 Å². The van der Waals surface area contributed by atoms with Gasteiger partial charge in [0.2, 0.25) is 0 Å². The van der Waals surface area contributed by atoms with Crippen molar-refractivity contribution >= 4 is 93.1 Å². The Morgan fingerprint density at radius 1 is 0.409 bits per heavy atom. The number of carboxylic acids is 1. The van der Waals surface area contributed by atoms with E-state index in [0.29, 0.717) is 50.2 Å². The molecule has 24 atom stereocenters. The van der Waals surface area contributed by atoms with Crippen LogP contribution in [0.3, 0.4) is 0 Å². The van der Waals surface area contributed by atoms with Crippen LogP contribution in [0.5, 0.6) is 0 Å². The summed E-state index contributed by atoms with van der Waals surface area (Å²) in [5.41, 5.74) is -1.35. The van der Waals surface area contributed by atoms with Crippen LogP contribution in [0, 0.1) is 50.2 Å². The first kappa shape index (κ1) is 119. The lowest BCUT2D eigenvalue weighted by Crippen LogP contribution is -2.72. The molecule has 20 nitrogen and oxygen atoms in total. The van der Waals surface area contributed by atoms with Gasteiger partial charge in [0, 0.05) is 0 Å². The number of rotatable bonds is 57. The maximum Gasteiger partial charge on any atom is 0.338 e. The smallest absolute Gasteiger partial charge is 0.338 e. The number of hydrogen-bond donors (Lipinski definition) is 1. The summed E-state index contributed by atoms with van der Waals surface area (Å²) in [7, 11) is -23.7. The molecule has 1 N–H and O–H groups in total. The van der Waals surface area contributed by atoms with E-state index in [4.69, 9.17) is 73.0 Å². The molecule has 0 amide bonds. The maximum atomic E-state index is 16.9. The summed E-state index contributed by atoms with van der Waals surface area (Å²) >= 11 is 0.